The summed E-state index contributed by atoms with van der Waals surface area (Å²) in [5.74, 6) is 0.0100. The van der Waals surface area contributed by atoms with E-state index in [0.717, 1.165) is 37.2 Å². The van der Waals surface area contributed by atoms with Gasteiger partial charge in [-0.05, 0) is 49.1 Å². The third-order valence-electron chi connectivity index (χ3n) is 6.02. The highest BCUT2D eigenvalue weighted by Crippen LogP contribution is 2.34. The zero-order valence-corrected chi connectivity index (χ0v) is 19.8. The monoisotopic (exact) mass is 486 g/mol. The third-order valence-corrected chi connectivity index (χ3v) is 6.76. The zero-order chi connectivity index (χ0) is 21.7. The van der Waals surface area contributed by atoms with Crippen molar-refractivity contribution in [1.82, 2.24) is 9.80 Å². The number of carbonyl (C=O) groups is 1. The lowest BCUT2D eigenvalue weighted by Crippen LogP contribution is -2.43. The number of benzene rings is 2. The van der Waals surface area contributed by atoms with Crippen LogP contribution < -0.4 is 0 Å². The Hall–Kier alpha value is -1.50. The molecule has 3 rings (SSSR count). The molecule has 0 bridgehead atoms. The predicted octanol–water partition coefficient (Wildman–Crippen LogP) is 5.48. The third kappa shape index (κ3) is 6.74. The molecule has 0 aromatic heterocycles. The summed E-state index contributed by atoms with van der Waals surface area (Å²) in [5, 5.41) is 21.3. The van der Waals surface area contributed by atoms with Crippen LogP contribution in [0.15, 0.2) is 48.5 Å². The molecule has 1 unspecified atom stereocenters. The number of likely N-dealkylation sites (N-methyl/N-ethyl adjacent to an activating group) is 1. The number of aliphatic hydroxyl groups is 1. The maximum atomic E-state index is 11.3. The minimum atomic E-state index is -0.953. The Morgan fingerprint density at radius 1 is 1.13 bits per heavy atom. The molecule has 2 aromatic rings. The molecule has 8 heteroatoms. The SMILES string of the molecule is CN(CC(CCN1CCC(O)(c2ccccc2)CC1)c1ccc(Cl)c(Cl)c1)C(=O)O.Cl. The molecule has 1 saturated heterocycles. The summed E-state index contributed by atoms with van der Waals surface area (Å²) in [5.41, 5.74) is 1.18. The highest BCUT2D eigenvalue weighted by Gasteiger charge is 2.33. The summed E-state index contributed by atoms with van der Waals surface area (Å²) in [6.45, 7) is 2.81. The van der Waals surface area contributed by atoms with Crippen LogP contribution in [0.2, 0.25) is 10.0 Å². The first-order chi connectivity index (χ1) is 14.3. The Kier molecular flexibility index (Phi) is 9.46. The summed E-state index contributed by atoms with van der Waals surface area (Å²) in [6.07, 6.45) is 1.21. The van der Waals surface area contributed by atoms with Gasteiger partial charge in [-0.2, -0.15) is 0 Å². The van der Waals surface area contributed by atoms with Crippen LogP contribution >= 0.6 is 35.6 Å². The fraction of sp³-hybridized carbons (Fsp3) is 0.435. The molecule has 0 aliphatic carbocycles. The molecule has 5 nitrogen and oxygen atoms in total. The number of rotatable bonds is 7. The molecule has 0 saturated carbocycles. The van der Waals surface area contributed by atoms with E-state index in [-0.39, 0.29) is 18.3 Å². The molecule has 1 aliphatic rings. The van der Waals surface area contributed by atoms with Crippen molar-refractivity contribution in [2.24, 2.45) is 0 Å². The number of nitrogens with zero attached hydrogens (tertiary/aromatic N) is 2. The molecule has 0 spiro atoms. The van der Waals surface area contributed by atoms with Gasteiger partial charge >= 0.3 is 6.09 Å². The smallest absolute Gasteiger partial charge is 0.407 e. The standard InChI is InChI=1S/C23H28Cl2N2O3.ClH/c1-26(22(28)29)16-18(17-7-8-20(24)21(25)15-17)9-12-27-13-10-23(30,11-14-27)19-5-3-2-4-6-19;/h2-8,15,18,30H,9-14,16H2,1H3,(H,28,29);1H. The first kappa shape index (κ1) is 25.8. The van der Waals surface area contributed by atoms with Crippen molar-refractivity contribution in [3.63, 3.8) is 0 Å². The molecule has 31 heavy (non-hydrogen) atoms. The molecule has 1 heterocycles. The van der Waals surface area contributed by atoms with Gasteiger partial charge in [0.2, 0.25) is 0 Å². The van der Waals surface area contributed by atoms with E-state index in [1.807, 2.05) is 42.5 Å². The molecule has 2 N–H and O–H groups in total. The van der Waals surface area contributed by atoms with Crippen molar-refractivity contribution in [3.8, 4) is 0 Å². The fourth-order valence-corrected chi connectivity index (χ4v) is 4.37. The average Bonchev–Trinajstić information content (AvgIpc) is 2.74. The number of carboxylic acid groups (broad SMARTS) is 1. The molecular formula is C23H29Cl3N2O3. The van der Waals surface area contributed by atoms with Crippen LogP contribution in [0, 0.1) is 0 Å². The van der Waals surface area contributed by atoms with Crippen molar-refractivity contribution in [3.05, 3.63) is 69.7 Å². The molecule has 1 amide bonds. The first-order valence-electron chi connectivity index (χ1n) is 10.2. The lowest BCUT2D eigenvalue weighted by Gasteiger charge is -2.39. The summed E-state index contributed by atoms with van der Waals surface area (Å²) in [6, 6.07) is 15.3. The lowest BCUT2D eigenvalue weighted by atomic mass is 9.84. The summed E-state index contributed by atoms with van der Waals surface area (Å²) < 4.78 is 0. The number of hydrogen-bond donors (Lipinski definition) is 2. The Bertz CT molecular complexity index is 858. The van der Waals surface area contributed by atoms with Gasteiger partial charge in [0.15, 0.2) is 0 Å². The van der Waals surface area contributed by atoms with Crippen molar-refractivity contribution in [1.29, 1.82) is 0 Å². The van der Waals surface area contributed by atoms with Crippen LogP contribution in [0.5, 0.6) is 0 Å². The van der Waals surface area contributed by atoms with E-state index in [2.05, 4.69) is 4.90 Å². The topological polar surface area (TPSA) is 64.0 Å². The number of amides is 1. The second kappa shape index (κ2) is 11.4. The van der Waals surface area contributed by atoms with E-state index >= 15 is 0 Å². The maximum Gasteiger partial charge on any atom is 0.407 e. The van der Waals surface area contributed by atoms with Crippen molar-refractivity contribution >= 4 is 41.7 Å². The minimum absolute atomic E-state index is 0. The minimum Gasteiger partial charge on any atom is -0.465 e. The first-order valence-corrected chi connectivity index (χ1v) is 10.9. The van der Waals surface area contributed by atoms with Gasteiger partial charge in [-0.25, -0.2) is 4.79 Å². The molecule has 1 atom stereocenters. The Balaban J connectivity index is 0.00000341. The summed E-state index contributed by atoms with van der Waals surface area (Å²) >= 11 is 12.2. The molecule has 170 valence electrons. The molecule has 1 aliphatic heterocycles. The average molecular weight is 488 g/mol. The molecule has 2 aromatic carbocycles. The second-order valence-corrected chi connectivity index (χ2v) is 8.88. The highest BCUT2D eigenvalue weighted by atomic mass is 35.5. The Morgan fingerprint density at radius 3 is 2.35 bits per heavy atom. The number of halogens is 3. The molecular weight excluding hydrogens is 459 g/mol. The number of piperidine rings is 1. The van der Waals surface area contributed by atoms with Gasteiger partial charge in [-0.3, -0.25) is 0 Å². The van der Waals surface area contributed by atoms with Crippen LogP contribution in [0.3, 0.4) is 0 Å². The van der Waals surface area contributed by atoms with E-state index in [1.165, 1.54) is 4.90 Å². The fourth-order valence-electron chi connectivity index (χ4n) is 4.06. The van der Waals surface area contributed by atoms with Gasteiger partial charge in [0, 0.05) is 32.6 Å². The molecule has 1 fully saturated rings. The second-order valence-electron chi connectivity index (χ2n) is 8.06. The number of hydrogen-bond acceptors (Lipinski definition) is 3. The van der Waals surface area contributed by atoms with Gasteiger partial charge in [-0.1, -0.05) is 59.6 Å². The summed E-state index contributed by atoms with van der Waals surface area (Å²) in [7, 11) is 1.58. The van der Waals surface area contributed by atoms with E-state index < -0.39 is 11.7 Å². The van der Waals surface area contributed by atoms with Crippen molar-refractivity contribution < 1.29 is 15.0 Å². The highest BCUT2D eigenvalue weighted by molar-refractivity contribution is 6.42. The Labute approximate surface area is 200 Å². The normalized spacial score (nSPS) is 16.9. The van der Waals surface area contributed by atoms with E-state index in [1.54, 1.807) is 13.1 Å². The van der Waals surface area contributed by atoms with Gasteiger partial charge < -0.3 is 20.0 Å². The van der Waals surface area contributed by atoms with Crippen molar-refractivity contribution in [2.75, 3.05) is 33.2 Å². The lowest BCUT2D eigenvalue weighted by molar-refractivity contribution is -0.0264. The van der Waals surface area contributed by atoms with Gasteiger partial charge in [0.1, 0.15) is 0 Å². The zero-order valence-electron chi connectivity index (χ0n) is 17.5. The predicted molar refractivity (Wildman–Crippen MR) is 128 cm³/mol. The summed E-state index contributed by atoms with van der Waals surface area (Å²) in [4.78, 5) is 15.0. The van der Waals surface area contributed by atoms with Crippen LogP contribution in [0.4, 0.5) is 4.79 Å². The van der Waals surface area contributed by atoms with Crippen LogP contribution in [-0.2, 0) is 5.60 Å². The maximum absolute atomic E-state index is 11.3. The van der Waals surface area contributed by atoms with Gasteiger partial charge in [0.05, 0.1) is 15.6 Å². The van der Waals surface area contributed by atoms with Crippen LogP contribution in [-0.4, -0.2) is 59.3 Å². The van der Waals surface area contributed by atoms with Crippen molar-refractivity contribution in [2.45, 2.75) is 30.8 Å². The quantitative estimate of drug-likeness (QED) is 0.542. The molecule has 0 radical (unpaired) electrons. The largest absolute Gasteiger partial charge is 0.465 e. The van der Waals surface area contributed by atoms with Crippen LogP contribution in [0.1, 0.15) is 36.3 Å². The van der Waals surface area contributed by atoms with E-state index in [0.29, 0.717) is 29.4 Å². The number of likely N-dealkylation sites (tertiary alicyclic amines) is 1. The Morgan fingerprint density at radius 2 is 1.77 bits per heavy atom. The van der Waals surface area contributed by atoms with Crippen LogP contribution in [0.25, 0.3) is 0 Å². The van der Waals surface area contributed by atoms with E-state index in [4.69, 9.17) is 23.2 Å². The van der Waals surface area contributed by atoms with Gasteiger partial charge in [0.25, 0.3) is 0 Å². The van der Waals surface area contributed by atoms with Gasteiger partial charge in [-0.15, -0.1) is 12.4 Å². The van der Waals surface area contributed by atoms with E-state index in [9.17, 15) is 15.0 Å².